The van der Waals surface area contributed by atoms with Crippen LogP contribution in [0.25, 0.3) is 22.2 Å². The molecule has 2 aromatic carbocycles. The number of hydrogen-bond donors (Lipinski definition) is 3. The average Bonchev–Trinajstić information content (AvgIpc) is 3.34. The monoisotopic (exact) mass is 485 g/mol. The van der Waals surface area contributed by atoms with E-state index in [1.54, 1.807) is 17.4 Å². The molecule has 1 fully saturated rings. The lowest BCUT2D eigenvalue weighted by Gasteiger charge is -2.13. The lowest BCUT2D eigenvalue weighted by Crippen LogP contribution is -2.25. The molecule has 0 radical (unpaired) electrons. The van der Waals surface area contributed by atoms with Crippen LogP contribution in [0.1, 0.15) is 29.2 Å². The molecule has 32 heavy (non-hydrogen) atoms. The van der Waals surface area contributed by atoms with E-state index >= 15 is 0 Å². The van der Waals surface area contributed by atoms with Crippen molar-refractivity contribution in [3.05, 3.63) is 69.1 Å². The van der Waals surface area contributed by atoms with Crippen molar-refractivity contribution >= 4 is 56.5 Å². The highest BCUT2D eigenvalue weighted by Crippen LogP contribution is 2.48. The Morgan fingerprint density at radius 3 is 2.81 bits per heavy atom. The third kappa shape index (κ3) is 4.35. The maximum atomic E-state index is 12.0. The number of hydrogen-bond acceptors (Lipinski definition) is 4. The number of carbonyl (C=O) groups is 1. The summed E-state index contributed by atoms with van der Waals surface area (Å²) in [6.45, 7) is 0.300. The van der Waals surface area contributed by atoms with Crippen LogP contribution in [0.3, 0.4) is 0 Å². The van der Waals surface area contributed by atoms with Gasteiger partial charge < -0.3 is 15.4 Å². The number of aromatic nitrogens is 2. The summed E-state index contributed by atoms with van der Waals surface area (Å²) in [5.41, 5.74) is 3.87. The molecule has 3 N–H and O–H groups in total. The van der Waals surface area contributed by atoms with Crippen molar-refractivity contribution in [2.75, 3.05) is 11.9 Å². The van der Waals surface area contributed by atoms with E-state index in [4.69, 9.17) is 28.2 Å². The van der Waals surface area contributed by atoms with Crippen molar-refractivity contribution in [3.63, 3.8) is 0 Å². The maximum absolute atomic E-state index is 12.0. The number of aliphatic carboxylic acids is 1. The summed E-state index contributed by atoms with van der Waals surface area (Å²) in [6.07, 6.45) is 4.61. The standard InChI is InChI=1S/C24H21Cl2N3O2S/c25-18-7-6-15(11-19(18)26)21-22(13-4-5-13)32-24(29-21)28-12-16(23(30)31)10-14-2-1-3-20-17(14)8-9-27-20/h1-3,6-9,11,13,16,27H,4-5,10,12H2,(H,28,29)(H,30,31). The zero-order chi connectivity index (χ0) is 22.2. The first-order chi connectivity index (χ1) is 15.5. The van der Waals surface area contributed by atoms with Gasteiger partial charge in [-0.1, -0.05) is 41.4 Å². The predicted molar refractivity (Wildman–Crippen MR) is 131 cm³/mol. The molecule has 1 aliphatic rings. The fraction of sp³-hybridized carbons (Fsp3) is 0.250. The predicted octanol–water partition coefficient (Wildman–Crippen LogP) is 6.83. The third-order valence-corrected chi connectivity index (χ3v) is 7.71. The van der Waals surface area contributed by atoms with E-state index in [2.05, 4.69) is 10.3 Å². The molecule has 1 aliphatic carbocycles. The number of H-pyrrole nitrogens is 1. The van der Waals surface area contributed by atoms with Crippen molar-refractivity contribution in [1.82, 2.24) is 9.97 Å². The molecule has 0 saturated heterocycles. The van der Waals surface area contributed by atoms with Crippen LogP contribution in [0.5, 0.6) is 0 Å². The average molecular weight is 486 g/mol. The third-order valence-electron chi connectivity index (χ3n) is 5.80. The molecular weight excluding hydrogens is 465 g/mol. The lowest BCUT2D eigenvalue weighted by molar-refractivity contribution is -0.141. The second-order valence-electron chi connectivity index (χ2n) is 8.11. The Bertz CT molecular complexity index is 1300. The van der Waals surface area contributed by atoms with Crippen LogP contribution in [-0.4, -0.2) is 27.6 Å². The van der Waals surface area contributed by atoms with Gasteiger partial charge in [-0.3, -0.25) is 4.79 Å². The Morgan fingerprint density at radius 2 is 2.06 bits per heavy atom. The minimum atomic E-state index is -0.825. The van der Waals surface area contributed by atoms with Crippen LogP contribution in [0.15, 0.2) is 48.7 Å². The van der Waals surface area contributed by atoms with Gasteiger partial charge in [0.25, 0.3) is 0 Å². The van der Waals surface area contributed by atoms with Crippen LogP contribution in [0, 0.1) is 5.92 Å². The molecule has 0 amide bonds. The molecular formula is C24H21Cl2N3O2S. The number of benzene rings is 2. The number of carboxylic acid groups (broad SMARTS) is 1. The highest BCUT2D eigenvalue weighted by molar-refractivity contribution is 7.16. The van der Waals surface area contributed by atoms with E-state index in [0.717, 1.165) is 45.7 Å². The zero-order valence-corrected chi connectivity index (χ0v) is 19.4. The summed E-state index contributed by atoms with van der Waals surface area (Å²) >= 11 is 13.9. The topological polar surface area (TPSA) is 78.0 Å². The van der Waals surface area contributed by atoms with Crippen LogP contribution in [-0.2, 0) is 11.2 Å². The van der Waals surface area contributed by atoms with E-state index in [1.165, 1.54) is 4.88 Å². The summed E-state index contributed by atoms with van der Waals surface area (Å²) in [7, 11) is 0. The van der Waals surface area contributed by atoms with Crippen LogP contribution in [0.2, 0.25) is 10.0 Å². The molecule has 1 saturated carbocycles. The second kappa shape index (κ2) is 8.77. The smallest absolute Gasteiger partial charge is 0.308 e. The summed E-state index contributed by atoms with van der Waals surface area (Å²) in [5, 5.41) is 15.9. The van der Waals surface area contributed by atoms with E-state index < -0.39 is 11.9 Å². The van der Waals surface area contributed by atoms with Crippen LogP contribution >= 0.6 is 34.5 Å². The van der Waals surface area contributed by atoms with Crippen molar-refractivity contribution in [3.8, 4) is 11.3 Å². The number of halogens is 2. The quantitative estimate of drug-likeness (QED) is 0.255. The molecule has 8 heteroatoms. The summed E-state index contributed by atoms with van der Waals surface area (Å²) in [5.74, 6) is -0.889. The normalized spacial score (nSPS) is 14.6. The van der Waals surface area contributed by atoms with Gasteiger partial charge in [-0.05, 0) is 55.0 Å². The summed E-state index contributed by atoms with van der Waals surface area (Å²) < 4.78 is 0. The van der Waals surface area contributed by atoms with E-state index in [0.29, 0.717) is 28.9 Å². The van der Waals surface area contributed by atoms with Gasteiger partial charge in [0, 0.05) is 34.1 Å². The Balaban J connectivity index is 1.36. The molecule has 0 spiro atoms. The molecule has 0 bridgehead atoms. The minimum Gasteiger partial charge on any atom is -0.481 e. The van der Waals surface area contributed by atoms with Gasteiger partial charge >= 0.3 is 5.97 Å². The lowest BCUT2D eigenvalue weighted by atomic mass is 9.97. The van der Waals surface area contributed by atoms with Gasteiger partial charge in [0.15, 0.2) is 5.13 Å². The molecule has 2 heterocycles. The van der Waals surface area contributed by atoms with E-state index in [9.17, 15) is 9.90 Å². The molecule has 4 aromatic rings. The number of fused-ring (bicyclic) bond motifs is 1. The molecule has 5 nitrogen and oxygen atoms in total. The molecule has 0 aliphatic heterocycles. The van der Waals surface area contributed by atoms with Gasteiger partial charge in [0.05, 0.1) is 21.7 Å². The number of anilines is 1. The van der Waals surface area contributed by atoms with Gasteiger partial charge in [-0.25, -0.2) is 4.98 Å². The first-order valence-electron chi connectivity index (χ1n) is 10.5. The van der Waals surface area contributed by atoms with Gasteiger partial charge in [-0.2, -0.15) is 0 Å². The Kier molecular flexibility index (Phi) is 5.84. The first-order valence-corrected chi connectivity index (χ1v) is 12.0. The number of thiazole rings is 1. The second-order valence-corrected chi connectivity index (χ2v) is 9.96. The minimum absolute atomic E-state index is 0.300. The summed E-state index contributed by atoms with van der Waals surface area (Å²) in [6, 6.07) is 13.5. The fourth-order valence-corrected chi connectivity index (χ4v) is 5.39. The van der Waals surface area contributed by atoms with Crippen LogP contribution in [0.4, 0.5) is 5.13 Å². The molecule has 2 aromatic heterocycles. The van der Waals surface area contributed by atoms with E-state index in [-0.39, 0.29) is 0 Å². The Morgan fingerprint density at radius 1 is 1.22 bits per heavy atom. The maximum Gasteiger partial charge on any atom is 0.308 e. The van der Waals surface area contributed by atoms with E-state index in [1.807, 2.05) is 42.6 Å². The van der Waals surface area contributed by atoms with Gasteiger partial charge in [0.1, 0.15) is 0 Å². The van der Waals surface area contributed by atoms with Crippen LogP contribution < -0.4 is 5.32 Å². The molecule has 164 valence electrons. The van der Waals surface area contributed by atoms with Gasteiger partial charge in [0.2, 0.25) is 0 Å². The number of aromatic amines is 1. The number of nitrogens with zero attached hydrogens (tertiary/aromatic N) is 1. The van der Waals surface area contributed by atoms with Gasteiger partial charge in [-0.15, -0.1) is 11.3 Å². The highest BCUT2D eigenvalue weighted by atomic mass is 35.5. The highest BCUT2D eigenvalue weighted by Gasteiger charge is 2.30. The molecule has 1 unspecified atom stereocenters. The van der Waals surface area contributed by atoms with Crippen molar-refractivity contribution < 1.29 is 9.90 Å². The SMILES string of the molecule is O=C(O)C(CNc1nc(-c2ccc(Cl)c(Cl)c2)c(C2CC2)s1)Cc1cccc2[nH]ccc12. The number of carboxylic acids is 1. The fourth-order valence-electron chi connectivity index (χ4n) is 3.93. The summed E-state index contributed by atoms with van der Waals surface area (Å²) in [4.78, 5) is 21.2. The Labute approximate surface area is 199 Å². The van der Waals surface area contributed by atoms with Crippen molar-refractivity contribution in [2.24, 2.45) is 5.92 Å². The van der Waals surface area contributed by atoms with Crippen molar-refractivity contribution in [2.45, 2.75) is 25.2 Å². The zero-order valence-electron chi connectivity index (χ0n) is 17.1. The number of rotatable bonds is 8. The largest absolute Gasteiger partial charge is 0.481 e. The first kappa shape index (κ1) is 21.3. The van der Waals surface area contributed by atoms with Crippen molar-refractivity contribution in [1.29, 1.82) is 0 Å². The molecule has 1 atom stereocenters. The number of nitrogens with one attached hydrogen (secondary N) is 2. The Hall–Kier alpha value is -2.54. The molecule has 5 rings (SSSR count).